The van der Waals surface area contributed by atoms with E-state index in [1.165, 1.54) is 0 Å². The van der Waals surface area contributed by atoms with Gasteiger partial charge in [-0.05, 0) is 44.4 Å². The fourth-order valence-corrected chi connectivity index (χ4v) is 1.57. The minimum atomic E-state index is -0.758. The highest BCUT2D eigenvalue weighted by Gasteiger charge is 2.14. The normalized spacial score (nSPS) is 12.7. The average molecular weight is 220 g/mol. The standard InChI is InChI=1S/C9H20N2O2S/c1-14-7-4-8(9(12)13)11-6-3-2-5-10/h8,11H,2-7,10H2,1H3,(H,12,13)/t8-/m0/s1. The lowest BCUT2D eigenvalue weighted by Crippen LogP contribution is -2.37. The van der Waals surface area contributed by atoms with Gasteiger partial charge in [0, 0.05) is 0 Å². The van der Waals surface area contributed by atoms with E-state index in [4.69, 9.17) is 10.8 Å². The summed E-state index contributed by atoms with van der Waals surface area (Å²) in [5.74, 6) is 0.118. The van der Waals surface area contributed by atoms with Crippen molar-refractivity contribution < 1.29 is 9.90 Å². The molecule has 0 fully saturated rings. The molecule has 1 atom stereocenters. The van der Waals surface area contributed by atoms with Crippen molar-refractivity contribution >= 4 is 17.7 Å². The van der Waals surface area contributed by atoms with Crippen LogP contribution in [0.3, 0.4) is 0 Å². The molecule has 0 aliphatic heterocycles. The fourth-order valence-electron chi connectivity index (χ4n) is 1.09. The summed E-state index contributed by atoms with van der Waals surface area (Å²) in [7, 11) is 0. The predicted molar refractivity (Wildman–Crippen MR) is 60.7 cm³/mol. The number of carbonyl (C=O) groups is 1. The third-order valence-electron chi connectivity index (χ3n) is 1.93. The second kappa shape index (κ2) is 9.30. The quantitative estimate of drug-likeness (QED) is 0.494. The van der Waals surface area contributed by atoms with Crippen molar-refractivity contribution in [2.45, 2.75) is 25.3 Å². The largest absolute Gasteiger partial charge is 0.480 e. The van der Waals surface area contributed by atoms with Crippen LogP contribution in [0, 0.1) is 0 Å². The smallest absolute Gasteiger partial charge is 0.320 e. The number of unbranched alkanes of at least 4 members (excludes halogenated alkanes) is 1. The molecule has 14 heavy (non-hydrogen) atoms. The molecule has 5 heteroatoms. The van der Waals surface area contributed by atoms with Crippen LogP contribution in [0.2, 0.25) is 0 Å². The summed E-state index contributed by atoms with van der Waals surface area (Å²) in [5.41, 5.74) is 5.34. The molecular formula is C9H20N2O2S. The number of rotatable bonds is 9. The maximum absolute atomic E-state index is 10.8. The summed E-state index contributed by atoms with van der Waals surface area (Å²) in [6.45, 7) is 1.41. The summed E-state index contributed by atoms with van der Waals surface area (Å²) in [6, 6.07) is -0.403. The lowest BCUT2D eigenvalue weighted by atomic mass is 10.2. The maximum Gasteiger partial charge on any atom is 0.320 e. The van der Waals surface area contributed by atoms with Gasteiger partial charge in [-0.2, -0.15) is 11.8 Å². The van der Waals surface area contributed by atoms with E-state index in [1.54, 1.807) is 11.8 Å². The second-order valence-electron chi connectivity index (χ2n) is 3.12. The van der Waals surface area contributed by atoms with Crippen molar-refractivity contribution in [3.8, 4) is 0 Å². The number of carboxylic acids is 1. The van der Waals surface area contributed by atoms with Crippen molar-refractivity contribution in [3.05, 3.63) is 0 Å². The topological polar surface area (TPSA) is 75.3 Å². The van der Waals surface area contributed by atoms with Gasteiger partial charge in [-0.25, -0.2) is 0 Å². The summed E-state index contributed by atoms with van der Waals surface area (Å²) in [6.07, 6.45) is 4.55. The number of hydrogen-bond donors (Lipinski definition) is 3. The third-order valence-corrected chi connectivity index (χ3v) is 2.57. The van der Waals surface area contributed by atoms with Gasteiger partial charge in [-0.3, -0.25) is 4.79 Å². The minimum absolute atomic E-state index is 0.403. The summed E-state index contributed by atoms with van der Waals surface area (Å²) in [4.78, 5) is 10.8. The van der Waals surface area contributed by atoms with Crippen molar-refractivity contribution in [3.63, 3.8) is 0 Å². The van der Waals surface area contributed by atoms with Crippen LogP contribution in [0.25, 0.3) is 0 Å². The summed E-state index contributed by atoms with van der Waals surface area (Å²) in [5, 5.41) is 11.9. The van der Waals surface area contributed by atoms with Gasteiger partial charge in [0.15, 0.2) is 0 Å². The number of aliphatic carboxylic acids is 1. The van der Waals surface area contributed by atoms with Gasteiger partial charge in [0.05, 0.1) is 0 Å². The zero-order chi connectivity index (χ0) is 10.8. The Labute approximate surface area is 89.6 Å². The molecule has 0 aromatic carbocycles. The van der Waals surface area contributed by atoms with E-state index in [0.717, 1.165) is 25.1 Å². The first-order valence-corrected chi connectivity index (χ1v) is 6.27. The van der Waals surface area contributed by atoms with Gasteiger partial charge in [-0.15, -0.1) is 0 Å². The highest BCUT2D eigenvalue weighted by Crippen LogP contribution is 2.01. The highest BCUT2D eigenvalue weighted by atomic mass is 32.2. The molecule has 4 N–H and O–H groups in total. The first-order chi connectivity index (χ1) is 6.72. The lowest BCUT2D eigenvalue weighted by molar-refractivity contribution is -0.139. The number of hydrogen-bond acceptors (Lipinski definition) is 4. The molecule has 0 aromatic heterocycles. The molecule has 0 heterocycles. The van der Waals surface area contributed by atoms with Crippen molar-refractivity contribution in [1.29, 1.82) is 0 Å². The molecule has 0 radical (unpaired) electrons. The Bertz CT molecular complexity index is 156. The van der Waals surface area contributed by atoms with E-state index in [9.17, 15) is 4.79 Å². The predicted octanol–water partition coefficient (Wildman–Crippen LogP) is 0.521. The first-order valence-electron chi connectivity index (χ1n) is 4.87. The second-order valence-corrected chi connectivity index (χ2v) is 4.11. The Balaban J connectivity index is 3.57. The van der Waals surface area contributed by atoms with Crippen LogP contribution in [0.15, 0.2) is 0 Å². The Kier molecular flexibility index (Phi) is 9.13. The number of carboxylic acid groups (broad SMARTS) is 1. The lowest BCUT2D eigenvalue weighted by Gasteiger charge is -2.13. The van der Waals surface area contributed by atoms with Crippen molar-refractivity contribution in [2.75, 3.05) is 25.1 Å². The number of thioether (sulfide) groups is 1. The maximum atomic E-state index is 10.8. The molecule has 0 aromatic rings. The number of nitrogens with one attached hydrogen (secondary N) is 1. The molecule has 0 spiro atoms. The van der Waals surface area contributed by atoms with E-state index in [0.29, 0.717) is 13.0 Å². The van der Waals surface area contributed by atoms with Gasteiger partial charge in [-0.1, -0.05) is 0 Å². The van der Waals surface area contributed by atoms with Gasteiger partial charge < -0.3 is 16.2 Å². The first kappa shape index (κ1) is 13.7. The molecule has 0 saturated heterocycles. The Hall–Kier alpha value is -0.260. The Morgan fingerprint density at radius 1 is 1.57 bits per heavy atom. The molecule has 0 amide bonds. The van der Waals surface area contributed by atoms with Crippen LogP contribution in [-0.4, -0.2) is 42.2 Å². The summed E-state index contributed by atoms with van der Waals surface area (Å²) >= 11 is 1.67. The molecule has 0 bridgehead atoms. The van der Waals surface area contributed by atoms with E-state index >= 15 is 0 Å². The molecule has 0 rings (SSSR count). The summed E-state index contributed by atoms with van der Waals surface area (Å²) < 4.78 is 0. The van der Waals surface area contributed by atoms with Crippen molar-refractivity contribution in [1.82, 2.24) is 5.32 Å². The zero-order valence-electron chi connectivity index (χ0n) is 8.66. The van der Waals surface area contributed by atoms with Crippen LogP contribution in [0.5, 0.6) is 0 Å². The monoisotopic (exact) mass is 220 g/mol. The van der Waals surface area contributed by atoms with E-state index in [1.807, 2.05) is 6.26 Å². The van der Waals surface area contributed by atoms with Crippen LogP contribution in [0.1, 0.15) is 19.3 Å². The average Bonchev–Trinajstić information content (AvgIpc) is 2.16. The van der Waals surface area contributed by atoms with Crippen LogP contribution < -0.4 is 11.1 Å². The fraction of sp³-hybridized carbons (Fsp3) is 0.889. The van der Waals surface area contributed by atoms with Gasteiger partial charge in [0.1, 0.15) is 6.04 Å². The third kappa shape index (κ3) is 7.17. The zero-order valence-corrected chi connectivity index (χ0v) is 9.48. The Morgan fingerprint density at radius 3 is 2.79 bits per heavy atom. The van der Waals surface area contributed by atoms with Gasteiger partial charge >= 0.3 is 5.97 Å². The molecule has 0 saturated carbocycles. The molecule has 0 unspecified atom stereocenters. The molecule has 0 aliphatic rings. The highest BCUT2D eigenvalue weighted by molar-refractivity contribution is 7.98. The Morgan fingerprint density at radius 2 is 2.29 bits per heavy atom. The van der Waals surface area contributed by atoms with Crippen molar-refractivity contribution in [2.24, 2.45) is 5.73 Å². The molecule has 4 nitrogen and oxygen atoms in total. The molecule has 84 valence electrons. The number of nitrogens with two attached hydrogens (primary N) is 1. The molecule has 0 aliphatic carbocycles. The van der Waals surface area contributed by atoms with Crippen LogP contribution >= 0.6 is 11.8 Å². The van der Waals surface area contributed by atoms with Crippen LogP contribution in [-0.2, 0) is 4.79 Å². The van der Waals surface area contributed by atoms with Crippen LogP contribution in [0.4, 0.5) is 0 Å². The SMILES string of the molecule is CSCC[C@H](NCCCCN)C(=O)O. The minimum Gasteiger partial charge on any atom is -0.480 e. The van der Waals surface area contributed by atoms with E-state index in [2.05, 4.69) is 5.32 Å². The van der Waals surface area contributed by atoms with E-state index < -0.39 is 12.0 Å². The van der Waals surface area contributed by atoms with Gasteiger partial charge in [0.2, 0.25) is 0 Å². The van der Waals surface area contributed by atoms with Gasteiger partial charge in [0.25, 0.3) is 0 Å². The van der Waals surface area contributed by atoms with E-state index in [-0.39, 0.29) is 0 Å². The molecular weight excluding hydrogens is 200 g/mol.